The van der Waals surface area contributed by atoms with Crippen LogP contribution in [0.5, 0.6) is 0 Å². The van der Waals surface area contributed by atoms with Crippen molar-refractivity contribution in [1.82, 2.24) is 0 Å². The number of amides is 2. The number of fused-ring (bicyclic) bond motifs is 1. The van der Waals surface area contributed by atoms with E-state index in [1.807, 2.05) is 18.4 Å². The molecule has 1 unspecified atom stereocenters. The van der Waals surface area contributed by atoms with Crippen molar-refractivity contribution in [3.05, 3.63) is 81.0 Å². The quantitative estimate of drug-likeness (QED) is 0.385. The maximum Gasteiger partial charge on any atom is 0.265 e. The van der Waals surface area contributed by atoms with Crippen molar-refractivity contribution in [2.45, 2.75) is 12.8 Å². The van der Waals surface area contributed by atoms with Crippen LogP contribution in [0.1, 0.15) is 42.6 Å². The zero-order valence-corrected chi connectivity index (χ0v) is 16.2. The largest absolute Gasteiger partial charge is 0.325 e. The molecule has 2 aromatic carbocycles. The van der Waals surface area contributed by atoms with Gasteiger partial charge in [-0.25, -0.2) is 0 Å². The van der Waals surface area contributed by atoms with E-state index in [4.69, 9.17) is 0 Å². The van der Waals surface area contributed by atoms with Gasteiger partial charge in [-0.1, -0.05) is 24.3 Å². The minimum atomic E-state index is -0.839. The fourth-order valence-electron chi connectivity index (χ4n) is 3.26. The molecule has 0 radical (unpaired) electrons. The minimum absolute atomic E-state index is 0.220. The van der Waals surface area contributed by atoms with Crippen LogP contribution in [0.4, 0.5) is 11.4 Å². The molecule has 0 fully saturated rings. The average Bonchev–Trinajstić information content (AvgIpc) is 3.28. The highest BCUT2D eigenvalue weighted by atomic mass is 32.1. The Morgan fingerprint density at radius 2 is 1.90 bits per heavy atom. The summed E-state index contributed by atoms with van der Waals surface area (Å²) in [6.07, 6.45) is 0.587. The van der Waals surface area contributed by atoms with Gasteiger partial charge in [-0.2, -0.15) is 0 Å². The predicted molar refractivity (Wildman–Crippen MR) is 111 cm³/mol. The first-order valence-corrected chi connectivity index (χ1v) is 9.76. The number of nitrogens with one attached hydrogen (secondary N) is 2. The molecule has 6 nitrogen and oxygen atoms in total. The summed E-state index contributed by atoms with van der Waals surface area (Å²) in [4.78, 5) is 48.8. The zero-order valence-electron chi connectivity index (χ0n) is 15.4. The van der Waals surface area contributed by atoms with Crippen molar-refractivity contribution < 1.29 is 19.2 Å². The van der Waals surface area contributed by atoms with Crippen LogP contribution in [0, 0.1) is 6.92 Å². The van der Waals surface area contributed by atoms with Gasteiger partial charge in [-0.05, 0) is 47.7 Å². The average molecular weight is 404 g/mol. The molecule has 0 saturated heterocycles. The molecule has 0 spiro atoms. The monoisotopic (exact) mass is 404 g/mol. The fourth-order valence-corrected chi connectivity index (χ4v) is 4.08. The van der Waals surface area contributed by atoms with Gasteiger partial charge in [0.2, 0.25) is 5.91 Å². The van der Waals surface area contributed by atoms with E-state index in [0.29, 0.717) is 39.2 Å². The fraction of sp³-hybridized carbons (Fsp3) is 0.0909. The molecule has 2 heterocycles. The number of carbonyl (C=O) groups is 4. The number of aldehydes is 1. The van der Waals surface area contributed by atoms with E-state index in [1.165, 1.54) is 11.3 Å². The topological polar surface area (TPSA) is 92.3 Å². The second-order valence-electron chi connectivity index (χ2n) is 6.70. The van der Waals surface area contributed by atoms with Crippen LogP contribution in [-0.4, -0.2) is 23.9 Å². The van der Waals surface area contributed by atoms with E-state index in [-0.39, 0.29) is 11.7 Å². The second kappa shape index (κ2) is 7.44. The van der Waals surface area contributed by atoms with Gasteiger partial charge in [0.05, 0.1) is 4.88 Å². The standard InChI is InChI=1S/C22H16N2O4S/c1-12-7-8-29-20(12)22(28)23-15-4-2-3-13(9-15)19(26)14-5-6-16-17(11-25)21(27)24-18(16)10-14/h2-11,17H,1H3,(H,23,28)(H,24,27). The van der Waals surface area contributed by atoms with Crippen LogP contribution >= 0.6 is 11.3 Å². The molecule has 2 amide bonds. The van der Waals surface area contributed by atoms with Crippen LogP contribution in [0.3, 0.4) is 0 Å². The molecule has 3 aromatic rings. The van der Waals surface area contributed by atoms with E-state index < -0.39 is 11.8 Å². The van der Waals surface area contributed by atoms with Crippen molar-refractivity contribution >= 4 is 46.6 Å². The van der Waals surface area contributed by atoms with E-state index >= 15 is 0 Å². The lowest BCUT2D eigenvalue weighted by Crippen LogP contribution is -2.12. The zero-order chi connectivity index (χ0) is 20.5. The number of hydrogen-bond acceptors (Lipinski definition) is 5. The molecule has 4 rings (SSSR count). The van der Waals surface area contributed by atoms with Gasteiger partial charge in [0, 0.05) is 22.5 Å². The number of aryl methyl sites for hydroxylation is 1. The first-order chi connectivity index (χ1) is 14.0. The molecule has 7 heteroatoms. The molecule has 0 aliphatic carbocycles. The lowest BCUT2D eigenvalue weighted by atomic mass is 9.97. The normalized spacial score (nSPS) is 14.8. The summed E-state index contributed by atoms with van der Waals surface area (Å²) in [5.41, 5.74) is 3.23. The van der Waals surface area contributed by atoms with Gasteiger partial charge >= 0.3 is 0 Å². The van der Waals surface area contributed by atoms with E-state index in [9.17, 15) is 19.2 Å². The summed E-state index contributed by atoms with van der Waals surface area (Å²) in [7, 11) is 0. The summed E-state index contributed by atoms with van der Waals surface area (Å²) in [5.74, 6) is -1.70. The smallest absolute Gasteiger partial charge is 0.265 e. The van der Waals surface area contributed by atoms with Crippen molar-refractivity contribution in [3.63, 3.8) is 0 Å². The summed E-state index contributed by atoms with van der Waals surface area (Å²) < 4.78 is 0. The summed E-state index contributed by atoms with van der Waals surface area (Å²) in [5, 5.41) is 7.29. The third-order valence-corrected chi connectivity index (χ3v) is 5.79. The Balaban J connectivity index is 1.57. The van der Waals surface area contributed by atoms with Crippen molar-refractivity contribution in [3.8, 4) is 0 Å². The maximum absolute atomic E-state index is 12.9. The summed E-state index contributed by atoms with van der Waals surface area (Å²) in [6, 6.07) is 13.3. The van der Waals surface area contributed by atoms with Gasteiger partial charge in [0.1, 0.15) is 12.2 Å². The van der Waals surface area contributed by atoms with Gasteiger partial charge in [0.25, 0.3) is 5.91 Å². The van der Waals surface area contributed by atoms with Crippen molar-refractivity contribution in [2.24, 2.45) is 0 Å². The highest BCUT2D eigenvalue weighted by Crippen LogP contribution is 2.32. The lowest BCUT2D eigenvalue weighted by Gasteiger charge is -2.08. The Hall–Kier alpha value is -3.58. The summed E-state index contributed by atoms with van der Waals surface area (Å²) >= 11 is 1.36. The number of rotatable bonds is 5. The third kappa shape index (κ3) is 3.48. The predicted octanol–water partition coefficient (Wildman–Crippen LogP) is 3.77. The second-order valence-corrected chi connectivity index (χ2v) is 7.62. The van der Waals surface area contributed by atoms with Gasteiger partial charge in [0.15, 0.2) is 5.78 Å². The summed E-state index contributed by atoms with van der Waals surface area (Å²) in [6.45, 7) is 1.87. The van der Waals surface area contributed by atoms with Gasteiger partial charge < -0.3 is 15.4 Å². The lowest BCUT2D eigenvalue weighted by molar-refractivity contribution is -0.121. The number of ketones is 1. The molecule has 2 N–H and O–H groups in total. The van der Waals surface area contributed by atoms with E-state index in [0.717, 1.165) is 5.56 Å². The Kier molecular flexibility index (Phi) is 4.82. The Morgan fingerprint density at radius 1 is 1.10 bits per heavy atom. The maximum atomic E-state index is 12.9. The molecule has 1 atom stereocenters. The molecule has 29 heavy (non-hydrogen) atoms. The van der Waals surface area contributed by atoms with Gasteiger partial charge in [-0.3, -0.25) is 14.4 Å². The van der Waals surface area contributed by atoms with Crippen molar-refractivity contribution in [1.29, 1.82) is 0 Å². The van der Waals surface area contributed by atoms with Crippen molar-refractivity contribution in [2.75, 3.05) is 10.6 Å². The number of anilines is 2. The highest BCUT2D eigenvalue weighted by Gasteiger charge is 2.30. The first kappa shape index (κ1) is 18.8. The molecule has 144 valence electrons. The molecule has 1 aromatic heterocycles. The van der Waals surface area contributed by atoms with Crippen LogP contribution in [0.25, 0.3) is 0 Å². The number of carbonyl (C=O) groups excluding carboxylic acids is 4. The van der Waals surface area contributed by atoms with Crippen LogP contribution in [0.15, 0.2) is 53.9 Å². The molecule has 1 aliphatic heterocycles. The minimum Gasteiger partial charge on any atom is -0.325 e. The Labute approximate surface area is 170 Å². The third-order valence-electron chi connectivity index (χ3n) is 4.78. The molecular weight excluding hydrogens is 388 g/mol. The molecule has 0 saturated carbocycles. The van der Waals surface area contributed by atoms with Crippen LogP contribution in [-0.2, 0) is 9.59 Å². The molecule has 0 bridgehead atoms. The van der Waals surface area contributed by atoms with Crippen LogP contribution < -0.4 is 10.6 Å². The Bertz CT molecular complexity index is 1170. The van der Waals surface area contributed by atoms with E-state index in [2.05, 4.69) is 10.6 Å². The number of benzene rings is 2. The number of thiophene rings is 1. The van der Waals surface area contributed by atoms with E-state index in [1.54, 1.807) is 42.5 Å². The SMILES string of the molecule is Cc1ccsc1C(=O)Nc1cccc(C(=O)c2ccc3c(c2)NC(=O)C3C=O)c1. The molecule has 1 aliphatic rings. The number of hydrogen-bond donors (Lipinski definition) is 2. The molecular formula is C22H16N2O4S. The van der Waals surface area contributed by atoms with Gasteiger partial charge in [-0.15, -0.1) is 11.3 Å². The Morgan fingerprint density at radius 3 is 2.62 bits per heavy atom. The first-order valence-electron chi connectivity index (χ1n) is 8.88. The highest BCUT2D eigenvalue weighted by molar-refractivity contribution is 7.12. The van der Waals surface area contributed by atoms with Crippen LogP contribution in [0.2, 0.25) is 0 Å².